The Balaban J connectivity index is 2.00. The largest absolute Gasteiger partial charge is 0.329 e. The highest BCUT2D eigenvalue weighted by atomic mass is 15.3. The van der Waals surface area contributed by atoms with Crippen LogP contribution in [0.2, 0.25) is 0 Å². The molecule has 0 radical (unpaired) electrons. The van der Waals surface area contributed by atoms with Crippen LogP contribution < -0.4 is 5.73 Å². The fraction of sp³-hybridized carbons (Fsp3) is 0.812. The standard InChI is InChI=1S/C16H30N4/c1-4-13-6-8-15(9-7-13)19(3)16(10-17)14-11-18-20(5-2)12-14/h11-13,15-16H,4-10,17H2,1-3H3. The summed E-state index contributed by atoms with van der Waals surface area (Å²) in [5.41, 5.74) is 7.30. The van der Waals surface area contributed by atoms with Crippen molar-refractivity contribution in [3.63, 3.8) is 0 Å². The average Bonchev–Trinajstić information content (AvgIpc) is 2.96. The van der Waals surface area contributed by atoms with E-state index in [1.807, 2.05) is 10.9 Å². The molecule has 1 atom stereocenters. The van der Waals surface area contributed by atoms with Gasteiger partial charge in [-0.15, -0.1) is 0 Å². The maximum Gasteiger partial charge on any atom is 0.0538 e. The smallest absolute Gasteiger partial charge is 0.0538 e. The molecule has 1 aromatic heterocycles. The first kappa shape index (κ1) is 15.5. The Morgan fingerprint density at radius 1 is 1.35 bits per heavy atom. The van der Waals surface area contributed by atoms with Gasteiger partial charge < -0.3 is 5.73 Å². The summed E-state index contributed by atoms with van der Waals surface area (Å²) in [7, 11) is 2.23. The van der Waals surface area contributed by atoms with Gasteiger partial charge in [-0.25, -0.2) is 0 Å². The van der Waals surface area contributed by atoms with Gasteiger partial charge in [0.25, 0.3) is 0 Å². The molecule has 0 saturated heterocycles. The second-order valence-electron chi connectivity index (χ2n) is 6.13. The van der Waals surface area contributed by atoms with Crippen molar-refractivity contribution < 1.29 is 0 Å². The monoisotopic (exact) mass is 278 g/mol. The Hall–Kier alpha value is -0.870. The number of aromatic nitrogens is 2. The van der Waals surface area contributed by atoms with Crippen molar-refractivity contribution in [2.75, 3.05) is 13.6 Å². The van der Waals surface area contributed by atoms with Crippen molar-refractivity contribution in [3.8, 4) is 0 Å². The van der Waals surface area contributed by atoms with Crippen molar-refractivity contribution in [2.24, 2.45) is 11.7 Å². The van der Waals surface area contributed by atoms with Gasteiger partial charge in [-0.2, -0.15) is 5.10 Å². The van der Waals surface area contributed by atoms with Crippen molar-refractivity contribution >= 4 is 0 Å². The fourth-order valence-electron chi connectivity index (χ4n) is 3.48. The summed E-state index contributed by atoms with van der Waals surface area (Å²) < 4.78 is 1.99. The van der Waals surface area contributed by atoms with Crippen molar-refractivity contribution in [2.45, 2.75) is 64.6 Å². The van der Waals surface area contributed by atoms with Gasteiger partial charge >= 0.3 is 0 Å². The predicted molar refractivity (Wildman–Crippen MR) is 83.5 cm³/mol. The third kappa shape index (κ3) is 3.41. The average molecular weight is 278 g/mol. The molecule has 0 aliphatic heterocycles. The highest BCUT2D eigenvalue weighted by Gasteiger charge is 2.28. The van der Waals surface area contributed by atoms with Crippen LogP contribution >= 0.6 is 0 Å². The Labute approximate surface area is 123 Å². The van der Waals surface area contributed by atoms with Gasteiger partial charge in [-0.1, -0.05) is 13.3 Å². The van der Waals surface area contributed by atoms with Gasteiger partial charge in [0.2, 0.25) is 0 Å². The predicted octanol–water partition coefficient (Wildman–Crippen LogP) is 2.80. The van der Waals surface area contributed by atoms with Crippen molar-refractivity contribution in [1.29, 1.82) is 0 Å². The number of nitrogens with two attached hydrogens (primary N) is 1. The van der Waals surface area contributed by atoms with Crippen LogP contribution in [-0.4, -0.2) is 34.3 Å². The third-order valence-electron chi connectivity index (χ3n) is 5.05. The summed E-state index contributed by atoms with van der Waals surface area (Å²) in [5, 5.41) is 4.39. The molecule has 114 valence electrons. The van der Waals surface area contributed by atoms with Gasteiger partial charge in [0.15, 0.2) is 0 Å². The van der Waals surface area contributed by atoms with Crippen LogP contribution in [0, 0.1) is 5.92 Å². The summed E-state index contributed by atoms with van der Waals surface area (Å²) in [5.74, 6) is 0.943. The Morgan fingerprint density at radius 3 is 2.55 bits per heavy atom. The lowest BCUT2D eigenvalue weighted by molar-refractivity contribution is 0.122. The molecule has 1 aromatic rings. The Morgan fingerprint density at radius 2 is 2.05 bits per heavy atom. The van der Waals surface area contributed by atoms with E-state index < -0.39 is 0 Å². The van der Waals surface area contributed by atoms with E-state index >= 15 is 0 Å². The van der Waals surface area contributed by atoms with Crippen LogP contribution in [0.5, 0.6) is 0 Å². The first-order valence-electron chi connectivity index (χ1n) is 8.13. The molecule has 1 heterocycles. The molecule has 2 N–H and O–H groups in total. The number of hydrogen-bond acceptors (Lipinski definition) is 3. The minimum atomic E-state index is 0.304. The highest BCUT2D eigenvalue weighted by molar-refractivity contribution is 5.11. The van der Waals surface area contributed by atoms with Gasteiger partial charge in [-0.05, 0) is 45.6 Å². The highest BCUT2D eigenvalue weighted by Crippen LogP contribution is 2.32. The van der Waals surface area contributed by atoms with E-state index in [0.717, 1.165) is 12.5 Å². The molecular weight excluding hydrogens is 248 g/mol. The third-order valence-corrected chi connectivity index (χ3v) is 5.05. The molecular formula is C16H30N4. The molecule has 4 nitrogen and oxygen atoms in total. The van der Waals surface area contributed by atoms with E-state index in [1.54, 1.807) is 0 Å². The summed E-state index contributed by atoms with van der Waals surface area (Å²) in [6, 6.07) is 0.981. The van der Waals surface area contributed by atoms with E-state index in [-0.39, 0.29) is 0 Å². The molecule has 20 heavy (non-hydrogen) atoms. The molecule has 1 aliphatic rings. The molecule has 1 aliphatic carbocycles. The molecule has 2 rings (SSSR count). The van der Waals surface area contributed by atoms with Crippen LogP contribution in [-0.2, 0) is 6.54 Å². The minimum Gasteiger partial charge on any atom is -0.329 e. The molecule has 0 spiro atoms. The first-order valence-corrected chi connectivity index (χ1v) is 8.13. The Bertz CT molecular complexity index is 393. The lowest BCUT2D eigenvalue weighted by atomic mass is 9.83. The SMILES string of the molecule is CCC1CCC(N(C)C(CN)c2cnn(CC)c2)CC1. The zero-order valence-corrected chi connectivity index (χ0v) is 13.3. The summed E-state index contributed by atoms with van der Waals surface area (Å²) in [4.78, 5) is 2.49. The van der Waals surface area contributed by atoms with Crippen LogP contribution in [0.4, 0.5) is 0 Å². The molecule has 0 bridgehead atoms. The normalized spacial score (nSPS) is 25.1. The van der Waals surface area contributed by atoms with Crippen molar-refractivity contribution in [1.82, 2.24) is 14.7 Å². The first-order chi connectivity index (χ1) is 9.69. The topological polar surface area (TPSA) is 47.1 Å². The molecule has 1 unspecified atom stereocenters. The summed E-state index contributed by atoms with van der Waals surface area (Å²) in [6.07, 6.45) is 10.8. The quantitative estimate of drug-likeness (QED) is 0.870. The number of nitrogens with zero attached hydrogens (tertiary/aromatic N) is 3. The lowest BCUT2D eigenvalue weighted by Crippen LogP contribution is -2.40. The molecule has 0 aromatic carbocycles. The van der Waals surface area contributed by atoms with Gasteiger partial charge in [0.1, 0.15) is 0 Å². The van der Waals surface area contributed by atoms with E-state index in [4.69, 9.17) is 5.73 Å². The van der Waals surface area contributed by atoms with Crippen LogP contribution in [0.15, 0.2) is 12.4 Å². The molecule has 1 saturated carbocycles. The molecule has 1 fully saturated rings. The number of aryl methyl sites for hydroxylation is 1. The maximum atomic E-state index is 6.04. The number of rotatable bonds is 6. The zero-order chi connectivity index (χ0) is 14.5. The van der Waals surface area contributed by atoms with Crippen LogP contribution in [0.1, 0.15) is 57.6 Å². The summed E-state index contributed by atoms with van der Waals surface area (Å²) >= 11 is 0. The van der Waals surface area contributed by atoms with E-state index in [2.05, 4.69) is 37.1 Å². The van der Waals surface area contributed by atoms with Crippen molar-refractivity contribution in [3.05, 3.63) is 18.0 Å². The second-order valence-corrected chi connectivity index (χ2v) is 6.13. The summed E-state index contributed by atoms with van der Waals surface area (Å²) in [6.45, 7) is 6.02. The number of likely N-dealkylation sites (N-methyl/N-ethyl adjacent to an activating group) is 1. The van der Waals surface area contributed by atoms with E-state index in [1.165, 1.54) is 37.7 Å². The Kier molecular flexibility index (Phi) is 5.61. The zero-order valence-electron chi connectivity index (χ0n) is 13.3. The van der Waals surface area contributed by atoms with E-state index in [9.17, 15) is 0 Å². The number of hydrogen-bond donors (Lipinski definition) is 1. The lowest BCUT2D eigenvalue weighted by Gasteiger charge is -2.38. The van der Waals surface area contributed by atoms with Gasteiger partial charge in [-0.3, -0.25) is 9.58 Å². The van der Waals surface area contributed by atoms with Crippen LogP contribution in [0.3, 0.4) is 0 Å². The molecule has 4 heteroatoms. The van der Waals surface area contributed by atoms with Crippen LogP contribution in [0.25, 0.3) is 0 Å². The maximum absolute atomic E-state index is 6.04. The van der Waals surface area contributed by atoms with Gasteiger partial charge in [0, 0.05) is 30.9 Å². The molecule has 0 amide bonds. The second kappa shape index (κ2) is 7.23. The van der Waals surface area contributed by atoms with E-state index in [0.29, 0.717) is 18.6 Å². The van der Waals surface area contributed by atoms with Gasteiger partial charge in [0.05, 0.1) is 12.2 Å². The minimum absolute atomic E-state index is 0.304. The fourth-order valence-corrected chi connectivity index (χ4v) is 3.48.